The van der Waals surface area contributed by atoms with E-state index in [1.165, 1.54) is 32.1 Å². The molecule has 0 radical (unpaired) electrons. The van der Waals surface area contributed by atoms with Crippen LogP contribution in [-0.2, 0) is 0 Å². The number of aromatic nitrogens is 2. The van der Waals surface area contributed by atoms with Crippen LogP contribution < -0.4 is 0 Å². The van der Waals surface area contributed by atoms with Gasteiger partial charge in [0.2, 0.25) is 0 Å². The van der Waals surface area contributed by atoms with Gasteiger partial charge in [-0.25, -0.2) is 4.98 Å². The third kappa shape index (κ3) is 5.53. The standard InChI is InChI=1S/C14H24N2S/c1-5-6-7-8-9-14(3,4)17-13-12(2)15-10-11-16-13/h10-11H,5-9H2,1-4H3. The lowest BCUT2D eigenvalue weighted by Gasteiger charge is -2.23. The average molecular weight is 252 g/mol. The zero-order valence-corrected chi connectivity index (χ0v) is 12.3. The van der Waals surface area contributed by atoms with Crippen LogP contribution in [0.2, 0.25) is 0 Å². The van der Waals surface area contributed by atoms with Crippen LogP contribution in [0.1, 0.15) is 58.6 Å². The van der Waals surface area contributed by atoms with Crippen LogP contribution in [0.3, 0.4) is 0 Å². The van der Waals surface area contributed by atoms with Crippen molar-refractivity contribution in [3.8, 4) is 0 Å². The fourth-order valence-electron chi connectivity index (χ4n) is 1.79. The van der Waals surface area contributed by atoms with E-state index >= 15 is 0 Å². The first kappa shape index (κ1) is 14.5. The summed E-state index contributed by atoms with van der Waals surface area (Å²) >= 11 is 1.86. The van der Waals surface area contributed by atoms with Crippen molar-refractivity contribution < 1.29 is 0 Å². The molecule has 0 unspecified atom stereocenters. The Kier molecular flexibility index (Phi) is 5.96. The van der Waals surface area contributed by atoms with Crippen molar-refractivity contribution in [3.63, 3.8) is 0 Å². The number of hydrogen-bond acceptors (Lipinski definition) is 3. The predicted molar refractivity (Wildman–Crippen MR) is 75.5 cm³/mol. The Hall–Kier alpha value is -0.570. The molecule has 0 aliphatic rings. The van der Waals surface area contributed by atoms with E-state index in [0.29, 0.717) is 0 Å². The van der Waals surface area contributed by atoms with Crippen molar-refractivity contribution in [2.24, 2.45) is 0 Å². The van der Waals surface area contributed by atoms with E-state index in [1.54, 1.807) is 12.4 Å². The minimum atomic E-state index is 0.258. The van der Waals surface area contributed by atoms with Crippen molar-refractivity contribution in [2.45, 2.75) is 69.6 Å². The third-order valence-electron chi connectivity index (χ3n) is 2.84. The van der Waals surface area contributed by atoms with Gasteiger partial charge < -0.3 is 0 Å². The fraction of sp³-hybridized carbons (Fsp3) is 0.714. The number of hydrogen-bond donors (Lipinski definition) is 0. The molecular formula is C14H24N2S. The Labute approximate surface area is 110 Å². The highest BCUT2D eigenvalue weighted by molar-refractivity contribution is 8.00. The summed E-state index contributed by atoms with van der Waals surface area (Å²) in [5.74, 6) is 0. The Bertz CT molecular complexity index is 337. The van der Waals surface area contributed by atoms with Gasteiger partial charge in [0.1, 0.15) is 5.03 Å². The number of nitrogens with zero attached hydrogens (tertiary/aromatic N) is 2. The maximum absolute atomic E-state index is 4.41. The van der Waals surface area contributed by atoms with E-state index in [1.807, 2.05) is 18.7 Å². The Morgan fingerprint density at radius 2 is 1.82 bits per heavy atom. The van der Waals surface area contributed by atoms with Gasteiger partial charge in [-0.3, -0.25) is 4.98 Å². The van der Waals surface area contributed by atoms with Crippen molar-refractivity contribution >= 4 is 11.8 Å². The van der Waals surface area contributed by atoms with Crippen LogP contribution in [0.25, 0.3) is 0 Å². The van der Waals surface area contributed by atoms with Crippen LogP contribution in [0.4, 0.5) is 0 Å². The molecule has 0 N–H and O–H groups in total. The lowest BCUT2D eigenvalue weighted by Crippen LogP contribution is -2.15. The van der Waals surface area contributed by atoms with E-state index in [9.17, 15) is 0 Å². The highest BCUT2D eigenvalue weighted by Crippen LogP contribution is 2.36. The fourth-order valence-corrected chi connectivity index (χ4v) is 2.87. The molecule has 0 aliphatic carbocycles. The quantitative estimate of drug-likeness (QED) is 0.523. The summed E-state index contributed by atoms with van der Waals surface area (Å²) in [7, 11) is 0. The van der Waals surface area contributed by atoms with E-state index < -0.39 is 0 Å². The number of unbranched alkanes of at least 4 members (excludes halogenated alkanes) is 3. The summed E-state index contributed by atoms with van der Waals surface area (Å²) < 4.78 is 0.258. The minimum absolute atomic E-state index is 0.258. The minimum Gasteiger partial charge on any atom is -0.257 e. The first-order valence-electron chi connectivity index (χ1n) is 6.52. The summed E-state index contributed by atoms with van der Waals surface area (Å²) in [6.07, 6.45) is 10.1. The zero-order chi connectivity index (χ0) is 12.7. The molecule has 96 valence electrons. The molecule has 1 rings (SSSR count). The zero-order valence-electron chi connectivity index (χ0n) is 11.5. The molecule has 0 aliphatic heterocycles. The van der Waals surface area contributed by atoms with Gasteiger partial charge >= 0.3 is 0 Å². The molecule has 3 heteroatoms. The van der Waals surface area contributed by atoms with Gasteiger partial charge in [0.05, 0.1) is 5.69 Å². The molecule has 2 nitrogen and oxygen atoms in total. The molecule has 0 amide bonds. The number of rotatable bonds is 7. The van der Waals surface area contributed by atoms with Gasteiger partial charge in [0, 0.05) is 17.1 Å². The molecule has 1 aromatic rings. The predicted octanol–water partition coefficient (Wildman–Crippen LogP) is 4.63. The Balaban J connectivity index is 2.46. The van der Waals surface area contributed by atoms with Crippen LogP contribution in [0.5, 0.6) is 0 Å². The first-order chi connectivity index (χ1) is 8.05. The van der Waals surface area contributed by atoms with E-state index in [4.69, 9.17) is 0 Å². The van der Waals surface area contributed by atoms with E-state index in [-0.39, 0.29) is 4.75 Å². The Morgan fingerprint density at radius 1 is 1.12 bits per heavy atom. The second-order valence-corrected chi connectivity index (χ2v) is 6.82. The molecule has 0 bridgehead atoms. The van der Waals surface area contributed by atoms with Crippen molar-refractivity contribution in [1.82, 2.24) is 9.97 Å². The normalized spacial score (nSPS) is 11.8. The summed E-state index contributed by atoms with van der Waals surface area (Å²) in [5.41, 5.74) is 1.04. The second-order valence-electron chi connectivity index (χ2n) is 5.12. The molecule has 0 saturated heterocycles. The van der Waals surface area contributed by atoms with Crippen molar-refractivity contribution in [2.75, 3.05) is 0 Å². The smallest absolute Gasteiger partial charge is 0.118 e. The molecule has 0 saturated carbocycles. The van der Waals surface area contributed by atoms with E-state index in [0.717, 1.165) is 10.7 Å². The monoisotopic (exact) mass is 252 g/mol. The Morgan fingerprint density at radius 3 is 2.47 bits per heavy atom. The third-order valence-corrected chi connectivity index (χ3v) is 4.19. The molecule has 0 aromatic carbocycles. The molecule has 17 heavy (non-hydrogen) atoms. The summed E-state index contributed by atoms with van der Waals surface area (Å²) in [6, 6.07) is 0. The highest BCUT2D eigenvalue weighted by Gasteiger charge is 2.20. The van der Waals surface area contributed by atoms with Gasteiger partial charge in [-0.05, 0) is 13.3 Å². The maximum atomic E-state index is 4.41. The SMILES string of the molecule is CCCCCCC(C)(C)Sc1nccnc1C. The summed E-state index contributed by atoms with van der Waals surface area (Å²) in [5, 5.41) is 1.08. The van der Waals surface area contributed by atoms with Crippen LogP contribution >= 0.6 is 11.8 Å². The highest BCUT2D eigenvalue weighted by atomic mass is 32.2. The largest absolute Gasteiger partial charge is 0.257 e. The number of thioether (sulfide) groups is 1. The molecule has 0 spiro atoms. The lowest BCUT2D eigenvalue weighted by atomic mass is 10.0. The molecule has 1 aromatic heterocycles. The number of aryl methyl sites for hydroxylation is 1. The molecule has 1 heterocycles. The van der Waals surface area contributed by atoms with Crippen LogP contribution in [-0.4, -0.2) is 14.7 Å². The molecule has 0 fully saturated rings. The summed E-state index contributed by atoms with van der Waals surface area (Å²) in [4.78, 5) is 8.70. The van der Waals surface area contributed by atoms with Crippen molar-refractivity contribution in [1.29, 1.82) is 0 Å². The first-order valence-corrected chi connectivity index (χ1v) is 7.33. The second kappa shape index (κ2) is 7.00. The lowest BCUT2D eigenvalue weighted by molar-refractivity contribution is 0.558. The van der Waals surface area contributed by atoms with Crippen LogP contribution in [0, 0.1) is 6.92 Å². The average Bonchev–Trinajstić information content (AvgIpc) is 2.28. The van der Waals surface area contributed by atoms with Gasteiger partial charge in [-0.1, -0.05) is 58.2 Å². The topological polar surface area (TPSA) is 25.8 Å². The van der Waals surface area contributed by atoms with Crippen molar-refractivity contribution in [3.05, 3.63) is 18.1 Å². The van der Waals surface area contributed by atoms with Crippen LogP contribution in [0.15, 0.2) is 17.4 Å². The van der Waals surface area contributed by atoms with E-state index in [2.05, 4.69) is 30.7 Å². The summed E-state index contributed by atoms with van der Waals surface area (Å²) in [6.45, 7) is 8.89. The van der Waals surface area contributed by atoms with Gasteiger partial charge in [0.15, 0.2) is 0 Å². The molecule has 0 atom stereocenters. The van der Waals surface area contributed by atoms with Gasteiger partial charge in [0.25, 0.3) is 0 Å². The van der Waals surface area contributed by atoms with Gasteiger partial charge in [-0.15, -0.1) is 0 Å². The maximum Gasteiger partial charge on any atom is 0.118 e. The van der Waals surface area contributed by atoms with Gasteiger partial charge in [-0.2, -0.15) is 0 Å². The molecular weight excluding hydrogens is 228 g/mol.